The summed E-state index contributed by atoms with van der Waals surface area (Å²) in [6, 6.07) is 9.27. The number of nitrogens with zero attached hydrogens (tertiary/aromatic N) is 4. The van der Waals surface area contributed by atoms with Gasteiger partial charge in [0, 0.05) is 34.4 Å². The van der Waals surface area contributed by atoms with Gasteiger partial charge >= 0.3 is 12.3 Å². The molecule has 0 unspecified atom stereocenters. The second-order valence-corrected chi connectivity index (χ2v) is 12.5. The second kappa shape index (κ2) is 12.7. The number of amides is 1. The van der Waals surface area contributed by atoms with E-state index >= 15 is 0 Å². The Labute approximate surface area is 265 Å². The summed E-state index contributed by atoms with van der Waals surface area (Å²) in [6.07, 6.45) is -2.67. The third-order valence-electron chi connectivity index (χ3n) is 7.86. The third kappa shape index (κ3) is 6.69. The minimum Gasteiger partial charge on any atom is -0.449 e. The average Bonchev–Trinajstić information content (AvgIpc) is 2.96. The van der Waals surface area contributed by atoms with Crippen molar-refractivity contribution in [3.63, 3.8) is 0 Å². The molecule has 13 heteroatoms. The summed E-state index contributed by atoms with van der Waals surface area (Å²) in [5, 5.41) is 0. The van der Waals surface area contributed by atoms with Gasteiger partial charge in [0.2, 0.25) is 0 Å². The minimum atomic E-state index is -4.59. The van der Waals surface area contributed by atoms with Gasteiger partial charge in [0.1, 0.15) is 11.5 Å². The molecular formula is C30H32Br2F3N5O3. The lowest BCUT2D eigenvalue weighted by Crippen LogP contribution is -2.61. The standard InChI is InChI=1S/C30H32Br2F3N5O3/c1-3-29(36)16-23(22-14-19(30(33,34)35)5-6-25(22)40(29)28(41)43-4-2)27-37-17-26(39-7-9-42-10-8-39)24(38-27)13-18-11-20(31)15-21(32)12-18/h5-6,11-12,14-15,17,23H,3-4,7-10,13,16,36H2,1-2H3/t23-,29+/m0/s1. The predicted octanol–water partition coefficient (Wildman–Crippen LogP) is 7.01. The first-order valence-corrected chi connectivity index (χ1v) is 15.6. The number of anilines is 2. The lowest BCUT2D eigenvalue weighted by molar-refractivity contribution is -0.137. The maximum Gasteiger partial charge on any atom is 0.416 e. The lowest BCUT2D eigenvalue weighted by Gasteiger charge is -2.46. The van der Waals surface area contributed by atoms with E-state index in [0.717, 1.165) is 38.0 Å². The monoisotopic (exact) mass is 725 g/mol. The Morgan fingerprint density at radius 2 is 1.81 bits per heavy atom. The maximum absolute atomic E-state index is 13.9. The van der Waals surface area contributed by atoms with Gasteiger partial charge in [-0.3, -0.25) is 4.90 Å². The van der Waals surface area contributed by atoms with Crippen molar-refractivity contribution < 1.29 is 27.4 Å². The number of alkyl halides is 3. The number of nitrogens with two attached hydrogens (primary N) is 1. The van der Waals surface area contributed by atoms with Crippen molar-refractivity contribution in [2.45, 2.75) is 50.9 Å². The van der Waals surface area contributed by atoms with Crippen LogP contribution >= 0.6 is 31.9 Å². The highest BCUT2D eigenvalue weighted by molar-refractivity contribution is 9.11. The third-order valence-corrected chi connectivity index (χ3v) is 8.77. The van der Waals surface area contributed by atoms with Gasteiger partial charge in [-0.1, -0.05) is 38.8 Å². The first-order chi connectivity index (χ1) is 20.4. The van der Waals surface area contributed by atoms with Gasteiger partial charge in [-0.2, -0.15) is 13.2 Å². The first-order valence-electron chi connectivity index (χ1n) is 14.0. The highest BCUT2D eigenvalue weighted by Crippen LogP contribution is 2.47. The van der Waals surface area contributed by atoms with Crippen LogP contribution in [0.5, 0.6) is 0 Å². The van der Waals surface area contributed by atoms with Crippen LogP contribution in [0.1, 0.15) is 60.8 Å². The molecule has 0 aliphatic carbocycles. The highest BCUT2D eigenvalue weighted by atomic mass is 79.9. The number of carbonyl (C=O) groups excluding carboxylic acids is 1. The molecule has 3 aromatic rings. The van der Waals surface area contributed by atoms with Crippen molar-refractivity contribution in [2.24, 2.45) is 5.73 Å². The van der Waals surface area contributed by atoms with Gasteiger partial charge in [-0.15, -0.1) is 0 Å². The van der Waals surface area contributed by atoms with E-state index in [0.29, 0.717) is 45.0 Å². The summed E-state index contributed by atoms with van der Waals surface area (Å²) >= 11 is 7.10. The molecule has 0 radical (unpaired) electrons. The Balaban J connectivity index is 1.67. The summed E-state index contributed by atoms with van der Waals surface area (Å²) in [4.78, 5) is 26.3. The van der Waals surface area contributed by atoms with Crippen LogP contribution in [-0.2, 0) is 22.1 Å². The minimum absolute atomic E-state index is 0.0930. The van der Waals surface area contributed by atoms with E-state index in [2.05, 4.69) is 36.8 Å². The molecule has 2 aliphatic rings. The van der Waals surface area contributed by atoms with Crippen LogP contribution in [-0.4, -0.2) is 54.6 Å². The zero-order chi connectivity index (χ0) is 30.9. The van der Waals surface area contributed by atoms with E-state index in [1.807, 2.05) is 25.1 Å². The number of fused-ring (bicyclic) bond motifs is 1. The van der Waals surface area contributed by atoms with Crippen LogP contribution in [0.2, 0.25) is 0 Å². The molecule has 2 N–H and O–H groups in total. The van der Waals surface area contributed by atoms with Crippen molar-refractivity contribution in [1.29, 1.82) is 0 Å². The molecular weight excluding hydrogens is 695 g/mol. The molecule has 1 saturated heterocycles. The Morgan fingerprint density at radius 1 is 1.12 bits per heavy atom. The molecule has 8 nitrogen and oxygen atoms in total. The molecule has 1 aromatic heterocycles. The molecule has 0 bridgehead atoms. The van der Waals surface area contributed by atoms with E-state index in [9.17, 15) is 18.0 Å². The van der Waals surface area contributed by atoms with Gasteiger partial charge in [-0.05, 0) is 67.3 Å². The number of halogens is 5. The van der Waals surface area contributed by atoms with E-state index in [1.165, 1.54) is 11.0 Å². The largest absolute Gasteiger partial charge is 0.449 e. The average molecular weight is 727 g/mol. The molecule has 1 fully saturated rings. The molecule has 2 atom stereocenters. The first kappa shape index (κ1) is 31.7. The van der Waals surface area contributed by atoms with Crippen LogP contribution in [0, 0.1) is 0 Å². The molecule has 5 rings (SSSR count). The van der Waals surface area contributed by atoms with Gasteiger partial charge in [-0.25, -0.2) is 14.8 Å². The fraction of sp³-hybridized carbons (Fsp3) is 0.433. The maximum atomic E-state index is 13.9. The van der Waals surface area contributed by atoms with Gasteiger partial charge in [0.25, 0.3) is 0 Å². The number of carbonyl (C=O) groups is 1. The SMILES string of the molecule is CCOC(=O)N1c2ccc(C(F)(F)F)cc2[C@@H](c2ncc(N3CCOCC3)c(Cc3cc(Br)cc(Br)c3)n2)C[C@@]1(N)CC. The fourth-order valence-corrected chi connectivity index (χ4v) is 7.10. The Hall–Kier alpha value is -2.74. The van der Waals surface area contributed by atoms with Crippen LogP contribution in [0.4, 0.5) is 29.3 Å². The number of morpholine rings is 1. The van der Waals surface area contributed by atoms with Crippen molar-refractivity contribution in [3.05, 3.63) is 79.7 Å². The molecule has 230 valence electrons. The smallest absolute Gasteiger partial charge is 0.416 e. The molecule has 43 heavy (non-hydrogen) atoms. The van der Waals surface area contributed by atoms with Crippen molar-refractivity contribution in [2.75, 3.05) is 42.7 Å². The molecule has 3 heterocycles. The summed E-state index contributed by atoms with van der Waals surface area (Å²) in [6.45, 7) is 6.04. The number of rotatable bonds is 6. The van der Waals surface area contributed by atoms with Gasteiger partial charge in [0.05, 0.1) is 48.6 Å². The zero-order valence-corrected chi connectivity index (χ0v) is 26.9. The quantitative estimate of drug-likeness (QED) is 0.292. The van der Waals surface area contributed by atoms with Crippen LogP contribution in [0.15, 0.2) is 51.5 Å². The lowest BCUT2D eigenvalue weighted by atomic mass is 9.80. The highest BCUT2D eigenvalue weighted by Gasteiger charge is 2.47. The topological polar surface area (TPSA) is 93.8 Å². The molecule has 0 spiro atoms. The van der Waals surface area contributed by atoms with Crippen LogP contribution in [0.25, 0.3) is 0 Å². The molecule has 2 aromatic carbocycles. The van der Waals surface area contributed by atoms with Gasteiger partial charge < -0.3 is 20.1 Å². The number of ether oxygens (including phenoxy) is 2. The number of aromatic nitrogens is 2. The number of hydrogen-bond donors (Lipinski definition) is 1. The normalized spacial score (nSPS) is 20.6. The van der Waals surface area contributed by atoms with Crippen LogP contribution in [0.3, 0.4) is 0 Å². The van der Waals surface area contributed by atoms with Crippen molar-refractivity contribution in [1.82, 2.24) is 9.97 Å². The van der Waals surface area contributed by atoms with Gasteiger partial charge in [0.15, 0.2) is 0 Å². The zero-order valence-electron chi connectivity index (χ0n) is 23.8. The molecule has 0 saturated carbocycles. The predicted molar refractivity (Wildman–Crippen MR) is 164 cm³/mol. The summed E-state index contributed by atoms with van der Waals surface area (Å²) in [5.41, 5.74) is 7.87. The molecule has 2 aliphatic heterocycles. The second-order valence-electron chi connectivity index (χ2n) is 10.6. The Kier molecular flexibility index (Phi) is 9.36. The summed E-state index contributed by atoms with van der Waals surface area (Å²) in [7, 11) is 0. The number of benzene rings is 2. The summed E-state index contributed by atoms with van der Waals surface area (Å²) < 4.78 is 54.4. The van der Waals surface area contributed by atoms with Crippen molar-refractivity contribution in [3.8, 4) is 0 Å². The van der Waals surface area contributed by atoms with E-state index in [1.54, 1.807) is 13.1 Å². The Bertz CT molecular complexity index is 1480. The number of hydrogen-bond acceptors (Lipinski definition) is 7. The Morgan fingerprint density at radius 3 is 2.44 bits per heavy atom. The van der Waals surface area contributed by atoms with Crippen LogP contribution < -0.4 is 15.5 Å². The van der Waals surface area contributed by atoms with E-state index in [4.69, 9.17) is 25.2 Å². The fourth-order valence-electron chi connectivity index (χ4n) is 5.71. The van der Waals surface area contributed by atoms with E-state index in [-0.39, 0.29) is 24.3 Å². The van der Waals surface area contributed by atoms with E-state index < -0.39 is 29.4 Å². The van der Waals surface area contributed by atoms with Crippen molar-refractivity contribution >= 4 is 49.3 Å². The summed E-state index contributed by atoms with van der Waals surface area (Å²) in [5.74, 6) is -0.368. The molecule has 1 amide bonds.